The van der Waals surface area contributed by atoms with E-state index in [4.69, 9.17) is 0 Å². The van der Waals surface area contributed by atoms with Crippen molar-refractivity contribution in [2.75, 3.05) is 0 Å². The molecular formula is C7H11Sm. The summed E-state index contributed by atoms with van der Waals surface area (Å²) in [5, 5.41) is 0. The van der Waals surface area contributed by atoms with Crippen LogP contribution in [-0.4, -0.2) is 0 Å². The Morgan fingerprint density at radius 3 is 2.50 bits per heavy atom. The van der Waals surface area contributed by atoms with Crippen LogP contribution in [0.25, 0.3) is 0 Å². The van der Waals surface area contributed by atoms with Crippen LogP contribution in [0.4, 0.5) is 0 Å². The Bertz CT molecular complexity index is 131. The average Bonchev–Trinajstić information content (AvgIpc) is 2.12. The predicted molar refractivity (Wildman–Crippen MR) is 33.6 cm³/mol. The summed E-state index contributed by atoms with van der Waals surface area (Å²) < 4.78 is 6.61. The number of hydrogen-bond acceptors (Lipinski definition) is 0. The molecule has 1 aliphatic carbocycles. The predicted octanol–water partition coefficient (Wildman–Crippen LogP) is 2.55. The quantitative estimate of drug-likeness (QED) is 0.666. The zero-order valence-electron chi connectivity index (χ0n) is 5.35. The van der Waals surface area contributed by atoms with Gasteiger partial charge in [-0.1, -0.05) is 0 Å². The summed E-state index contributed by atoms with van der Waals surface area (Å²) in [6.07, 6.45) is 8.00. The zero-order valence-corrected chi connectivity index (χ0v) is 7.97. The van der Waals surface area contributed by atoms with E-state index in [2.05, 4.69) is 23.5 Å². The first-order chi connectivity index (χ1) is 3.80. The van der Waals surface area contributed by atoms with Gasteiger partial charge in [0.05, 0.1) is 0 Å². The van der Waals surface area contributed by atoms with Crippen LogP contribution in [0.3, 0.4) is 0 Å². The fourth-order valence-electron chi connectivity index (χ4n) is 0.730. The van der Waals surface area contributed by atoms with Crippen molar-refractivity contribution in [3.05, 3.63) is 19.5 Å². The van der Waals surface area contributed by atoms with E-state index in [9.17, 15) is 0 Å². The first-order valence-corrected chi connectivity index (χ1v) is 9.29. The van der Waals surface area contributed by atoms with Gasteiger partial charge < -0.3 is 0 Å². The molecule has 0 heterocycles. The second-order valence-electron chi connectivity index (χ2n) is 2.08. The molecule has 0 nitrogen and oxygen atoms in total. The molecule has 0 saturated heterocycles. The van der Waals surface area contributed by atoms with E-state index < -0.39 is 34.2 Å². The fourth-order valence-corrected chi connectivity index (χ4v) is 3.23. The van der Waals surface area contributed by atoms with Crippen molar-refractivity contribution in [3.63, 3.8) is 0 Å². The zero-order chi connectivity index (χ0) is 5.98. The Labute approximate surface area is 64.7 Å². The molecule has 1 rings (SSSR count). The van der Waals surface area contributed by atoms with Gasteiger partial charge in [-0.05, 0) is 0 Å². The summed E-state index contributed by atoms with van der Waals surface area (Å²) in [6.45, 7) is 0. The molecule has 0 amide bonds. The fraction of sp³-hybridized carbons (Fsp3) is 0.429. The molecule has 0 N–H and O–H groups in total. The van der Waals surface area contributed by atoms with Gasteiger partial charge in [0.1, 0.15) is 0 Å². The van der Waals surface area contributed by atoms with Crippen molar-refractivity contribution in [1.29, 1.82) is 0 Å². The summed E-state index contributed by atoms with van der Waals surface area (Å²) in [7, 11) is 0. The van der Waals surface area contributed by atoms with E-state index in [0.29, 0.717) is 0 Å². The Balaban J connectivity index is 2.51. The summed E-state index contributed by atoms with van der Waals surface area (Å²) in [5.74, 6) is 0. The molecule has 8 heavy (non-hydrogen) atoms. The Morgan fingerprint density at radius 2 is 2.25 bits per heavy atom. The van der Waals surface area contributed by atoms with Gasteiger partial charge in [-0.2, -0.15) is 0 Å². The summed E-state index contributed by atoms with van der Waals surface area (Å²) >= 11 is -0.890. The van der Waals surface area contributed by atoms with Crippen LogP contribution in [0.15, 0.2) is 19.5 Å². The van der Waals surface area contributed by atoms with Crippen LogP contribution in [0, 0.1) is 34.2 Å². The molecule has 0 aromatic carbocycles. The van der Waals surface area contributed by atoms with E-state index in [-0.39, 0.29) is 0 Å². The van der Waals surface area contributed by atoms with Crippen LogP contribution in [-0.2, 0) is 0 Å². The first-order valence-electron chi connectivity index (χ1n) is 2.74. The van der Waals surface area contributed by atoms with Gasteiger partial charge in [0.25, 0.3) is 0 Å². The number of hydrogen-bond donors (Lipinski definition) is 0. The standard InChI is InChI=1S/C5H5.2CH3.Sm/c1-2-4-5-3-1;;;/h1-3H,4H2;2*1H3;. The van der Waals surface area contributed by atoms with Gasteiger partial charge in [0, 0.05) is 0 Å². The Morgan fingerprint density at radius 1 is 1.50 bits per heavy atom. The van der Waals surface area contributed by atoms with Crippen molar-refractivity contribution >= 4 is 0 Å². The molecule has 1 heteroatoms. The molecule has 0 saturated carbocycles. The van der Waals surface area contributed by atoms with Gasteiger partial charge in [-0.25, -0.2) is 0 Å². The summed E-state index contributed by atoms with van der Waals surface area (Å²) in [6, 6.07) is 0. The maximum atomic E-state index is 2.43. The SMILES string of the molecule is [CH3][Sm]([CH3])[C]1=CC=CC1. The molecule has 1 aliphatic rings. The normalized spacial score (nSPS) is 17.6. The topological polar surface area (TPSA) is 0 Å². The third-order valence-corrected chi connectivity index (χ3v) is 5.60. The van der Waals surface area contributed by atoms with Crippen LogP contribution in [0.2, 0.25) is 5.28 Å². The van der Waals surface area contributed by atoms with Crippen molar-refractivity contribution in [2.24, 2.45) is 0 Å². The van der Waals surface area contributed by atoms with Gasteiger partial charge in [-0.3, -0.25) is 0 Å². The van der Waals surface area contributed by atoms with E-state index in [0.717, 1.165) is 0 Å². The van der Waals surface area contributed by atoms with Crippen LogP contribution < -0.4 is 0 Å². The van der Waals surface area contributed by atoms with Crippen molar-refractivity contribution < 1.29 is 34.2 Å². The van der Waals surface area contributed by atoms with Gasteiger partial charge in [0.15, 0.2) is 0 Å². The minimum atomic E-state index is -0.890. The van der Waals surface area contributed by atoms with Crippen LogP contribution in [0.1, 0.15) is 6.42 Å². The average molecular weight is 246 g/mol. The van der Waals surface area contributed by atoms with Crippen molar-refractivity contribution in [2.45, 2.75) is 11.7 Å². The van der Waals surface area contributed by atoms with E-state index >= 15 is 0 Å². The Kier molecular flexibility index (Phi) is 2.69. The van der Waals surface area contributed by atoms with Gasteiger partial charge in [-0.15, -0.1) is 0 Å². The molecule has 0 atom stereocenters. The molecule has 45 valence electrons. The third-order valence-electron chi connectivity index (χ3n) is 1.26. The van der Waals surface area contributed by atoms with Crippen molar-refractivity contribution in [3.8, 4) is 0 Å². The molecular weight excluding hydrogens is 234 g/mol. The monoisotopic (exact) mass is 247 g/mol. The second-order valence-corrected chi connectivity index (χ2v) is 9.00. The van der Waals surface area contributed by atoms with Crippen LogP contribution >= 0.6 is 0 Å². The molecule has 0 aromatic rings. The molecule has 0 unspecified atom stereocenters. The minimum absolute atomic E-state index is 0.890. The molecule has 0 aliphatic heterocycles. The first kappa shape index (κ1) is 6.93. The molecule has 0 aromatic heterocycles. The van der Waals surface area contributed by atoms with E-state index in [1.165, 1.54) is 6.42 Å². The van der Waals surface area contributed by atoms with Crippen molar-refractivity contribution in [1.82, 2.24) is 0 Å². The second kappa shape index (κ2) is 3.11. The molecule has 0 radical (unpaired) electrons. The summed E-state index contributed by atoms with van der Waals surface area (Å²) in [5.41, 5.74) is 0. The maximum absolute atomic E-state index is 2.43. The van der Waals surface area contributed by atoms with E-state index in [1.54, 1.807) is 1.29 Å². The Hall–Kier alpha value is 0.818. The molecule has 0 bridgehead atoms. The number of rotatable bonds is 1. The van der Waals surface area contributed by atoms with Crippen LogP contribution in [0.5, 0.6) is 0 Å². The molecule has 0 spiro atoms. The van der Waals surface area contributed by atoms with Gasteiger partial charge >= 0.3 is 65.5 Å². The summed E-state index contributed by atoms with van der Waals surface area (Å²) in [4.78, 5) is 0. The number of allylic oxidation sites excluding steroid dienone is 4. The molecule has 0 fully saturated rings. The third kappa shape index (κ3) is 1.65. The van der Waals surface area contributed by atoms with Gasteiger partial charge in [0.2, 0.25) is 0 Å². The van der Waals surface area contributed by atoms with E-state index in [1.807, 2.05) is 0 Å².